The van der Waals surface area contributed by atoms with Crippen molar-refractivity contribution in [1.29, 1.82) is 0 Å². The molecule has 51 valence electrons. The van der Waals surface area contributed by atoms with E-state index in [0.717, 1.165) is 9.16 Å². The van der Waals surface area contributed by atoms with Crippen LogP contribution in [0.4, 0.5) is 0 Å². The first kappa shape index (κ1) is 7.07. The zero-order chi connectivity index (χ0) is 6.10. The van der Waals surface area contributed by atoms with Crippen molar-refractivity contribution in [2.75, 3.05) is 11.5 Å². The summed E-state index contributed by atoms with van der Waals surface area (Å²) >= 11 is 8.26. The van der Waals surface area contributed by atoms with Gasteiger partial charge in [-0.15, -0.1) is 47.0 Å². The number of fused-ring (bicyclic) bond motifs is 4. The Labute approximate surface area is 72.7 Å². The van der Waals surface area contributed by atoms with Crippen molar-refractivity contribution in [3.8, 4) is 0 Å². The summed E-state index contributed by atoms with van der Waals surface area (Å²) in [5, 5.41) is 2.31. The molecule has 0 aromatic heterocycles. The lowest BCUT2D eigenvalue weighted by Gasteiger charge is -2.19. The molecule has 3 heterocycles. The summed E-state index contributed by atoms with van der Waals surface area (Å²) in [6.45, 7) is 0. The lowest BCUT2D eigenvalue weighted by atomic mass is 10.9. The maximum Gasteiger partial charge on any atom is 0.0736 e. The highest BCUT2D eigenvalue weighted by Crippen LogP contribution is 2.48. The summed E-state index contributed by atoms with van der Waals surface area (Å²) in [6.07, 6.45) is 0. The molecular formula is C5H7S4. The molecule has 3 aliphatic heterocycles. The molecule has 9 heavy (non-hydrogen) atoms. The normalized spacial score (nSPS) is 42.7. The average molecular weight is 195 g/mol. The van der Waals surface area contributed by atoms with Gasteiger partial charge in [0.15, 0.2) is 0 Å². The van der Waals surface area contributed by atoms with E-state index in [4.69, 9.17) is 0 Å². The largest absolute Gasteiger partial charge is 0.145 e. The maximum absolute atomic E-state index is 2.31. The molecule has 0 amide bonds. The third-order valence-electron chi connectivity index (χ3n) is 1.25. The molecule has 0 N–H and O–H groups in total. The molecule has 0 aromatic rings. The van der Waals surface area contributed by atoms with Gasteiger partial charge in [-0.1, -0.05) is 0 Å². The molecule has 3 fully saturated rings. The number of hydrogen-bond acceptors (Lipinski definition) is 4. The quantitative estimate of drug-likeness (QED) is 0.582. The van der Waals surface area contributed by atoms with Gasteiger partial charge < -0.3 is 0 Å². The predicted octanol–water partition coefficient (Wildman–Crippen LogP) is 2.72. The van der Waals surface area contributed by atoms with Crippen molar-refractivity contribution in [1.82, 2.24) is 0 Å². The third kappa shape index (κ3) is 1.70. The smallest absolute Gasteiger partial charge is 0.0736 e. The lowest BCUT2D eigenvalue weighted by molar-refractivity contribution is 1.34. The van der Waals surface area contributed by atoms with Gasteiger partial charge in [0, 0.05) is 11.5 Å². The molecular weight excluding hydrogens is 188 g/mol. The van der Waals surface area contributed by atoms with Crippen LogP contribution < -0.4 is 0 Å². The minimum Gasteiger partial charge on any atom is -0.145 e. The molecule has 4 heteroatoms. The second-order valence-electron chi connectivity index (χ2n) is 1.89. The molecule has 3 saturated heterocycles. The summed E-state index contributed by atoms with van der Waals surface area (Å²) < 4.78 is 1.72. The van der Waals surface area contributed by atoms with Crippen LogP contribution in [0.5, 0.6) is 0 Å². The monoisotopic (exact) mass is 195 g/mol. The van der Waals surface area contributed by atoms with Gasteiger partial charge >= 0.3 is 0 Å². The first-order chi connectivity index (χ1) is 4.45. The molecule has 0 aromatic carbocycles. The Hall–Kier alpha value is 1.40. The second-order valence-corrected chi connectivity index (χ2v) is 7.41. The van der Waals surface area contributed by atoms with Crippen LogP contribution in [0.15, 0.2) is 0 Å². The Morgan fingerprint density at radius 1 is 1.00 bits per heavy atom. The van der Waals surface area contributed by atoms with Gasteiger partial charge in [0.05, 0.1) is 14.2 Å². The van der Waals surface area contributed by atoms with Crippen molar-refractivity contribution in [3.05, 3.63) is 5.08 Å². The highest BCUT2D eigenvalue weighted by Gasteiger charge is 2.26. The van der Waals surface area contributed by atoms with Crippen molar-refractivity contribution >= 4 is 47.0 Å². The van der Waals surface area contributed by atoms with Crippen LogP contribution in [0.3, 0.4) is 0 Å². The van der Waals surface area contributed by atoms with E-state index in [9.17, 15) is 0 Å². The topological polar surface area (TPSA) is 0 Å². The van der Waals surface area contributed by atoms with Gasteiger partial charge in [-0.25, -0.2) is 0 Å². The summed E-state index contributed by atoms with van der Waals surface area (Å²) in [4.78, 5) is 0. The van der Waals surface area contributed by atoms with Gasteiger partial charge in [-0.3, -0.25) is 0 Å². The first-order valence-corrected chi connectivity index (χ1v) is 6.79. The molecule has 3 rings (SSSR count). The lowest BCUT2D eigenvalue weighted by Crippen LogP contribution is -2.12. The molecule has 3 aliphatic rings. The van der Waals surface area contributed by atoms with Crippen LogP contribution in [0.25, 0.3) is 0 Å². The predicted molar refractivity (Wildman–Crippen MR) is 52.0 cm³/mol. The zero-order valence-corrected chi connectivity index (χ0v) is 8.05. The van der Waals surface area contributed by atoms with E-state index in [1.54, 1.807) is 0 Å². The Balaban J connectivity index is 2.03. The molecule has 2 unspecified atom stereocenters. The summed E-state index contributed by atoms with van der Waals surface area (Å²) in [5.41, 5.74) is 0. The number of rotatable bonds is 0. The fraction of sp³-hybridized carbons (Fsp3) is 0.800. The highest BCUT2D eigenvalue weighted by molar-refractivity contribution is 8.33. The van der Waals surface area contributed by atoms with Crippen LogP contribution in [0.1, 0.15) is 0 Å². The molecule has 0 spiro atoms. The van der Waals surface area contributed by atoms with Gasteiger partial charge in [0.25, 0.3) is 0 Å². The minimum absolute atomic E-state index is 0.862. The first-order valence-electron chi connectivity index (χ1n) is 2.81. The van der Waals surface area contributed by atoms with Crippen LogP contribution in [-0.2, 0) is 0 Å². The molecule has 2 bridgehead atoms. The van der Waals surface area contributed by atoms with Crippen molar-refractivity contribution in [2.24, 2.45) is 0 Å². The van der Waals surface area contributed by atoms with Gasteiger partial charge in [-0.05, 0) is 0 Å². The van der Waals surface area contributed by atoms with E-state index in [2.05, 4.69) is 28.6 Å². The zero-order valence-electron chi connectivity index (χ0n) is 4.78. The van der Waals surface area contributed by atoms with Crippen molar-refractivity contribution in [2.45, 2.75) is 9.16 Å². The van der Waals surface area contributed by atoms with Gasteiger partial charge in [-0.2, -0.15) is 0 Å². The van der Waals surface area contributed by atoms with E-state index in [0.29, 0.717) is 0 Å². The van der Waals surface area contributed by atoms with Crippen LogP contribution in [0.2, 0.25) is 0 Å². The maximum atomic E-state index is 2.31. The molecule has 0 nitrogen and oxygen atoms in total. The van der Waals surface area contributed by atoms with E-state index in [-0.39, 0.29) is 0 Å². The summed E-state index contributed by atoms with van der Waals surface area (Å²) in [5.74, 6) is 2.70. The Morgan fingerprint density at radius 3 is 2.00 bits per heavy atom. The molecule has 2 atom stereocenters. The average Bonchev–Trinajstić information content (AvgIpc) is 2.21. The third-order valence-corrected chi connectivity index (χ3v) is 7.54. The second kappa shape index (κ2) is 3.20. The van der Waals surface area contributed by atoms with E-state index in [1.165, 1.54) is 11.5 Å². The number of thioether (sulfide) groups is 4. The highest BCUT2D eigenvalue weighted by atomic mass is 32.3. The fourth-order valence-corrected chi connectivity index (χ4v) is 7.03. The molecule has 0 saturated carbocycles. The summed E-state index contributed by atoms with van der Waals surface area (Å²) in [7, 11) is 0. The van der Waals surface area contributed by atoms with Crippen molar-refractivity contribution < 1.29 is 0 Å². The molecule has 0 aliphatic carbocycles. The standard InChI is InChI=1S/C5H7S4/c1-4-7-2-5(6-1)9-3-8-4/h3-5H,1-2H2. The van der Waals surface area contributed by atoms with Crippen molar-refractivity contribution in [3.63, 3.8) is 0 Å². The Morgan fingerprint density at radius 2 is 1.56 bits per heavy atom. The fourth-order valence-electron chi connectivity index (χ4n) is 0.781. The van der Waals surface area contributed by atoms with Crippen LogP contribution in [0, 0.1) is 5.08 Å². The van der Waals surface area contributed by atoms with Gasteiger partial charge in [0.1, 0.15) is 0 Å². The molecule has 1 radical (unpaired) electrons. The summed E-state index contributed by atoms with van der Waals surface area (Å²) in [6, 6.07) is 0. The SMILES string of the molecule is [CH]1SC2CSC(CS2)S1. The minimum atomic E-state index is 0.862. The Bertz CT molecular complexity index is 79.6. The van der Waals surface area contributed by atoms with E-state index in [1.807, 2.05) is 23.5 Å². The van der Waals surface area contributed by atoms with Crippen LogP contribution in [-0.4, -0.2) is 20.7 Å². The number of hydrogen-bond donors (Lipinski definition) is 0. The van der Waals surface area contributed by atoms with E-state index >= 15 is 0 Å². The Kier molecular flexibility index (Phi) is 2.51. The van der Waals surface area contributed by atoms with Gasteiger partial charge in [0.2, 0.25) is 0 Å². The van der Waals surface area contributed by atoms with Crippen LogP contribution >= 0.6 is 47.0 Å². The van der Waals surface area contributed by atoms with E-state index < -0.39 is 0 Å².